The van der Waals surface area contributed by atoms with Crippen LogP contribution in [-0.4, -0.2) is 25.4 Å². The van der Waals surface area contributed by atoms with Gasteiger partial charge in [-0.15, -0.1) is 5.10 Å². The summed E-state index contributed by atoms with van der Waals surface area (Å²) in [6.45, 7) is 0.641. The minimum absolute atomic E-state index is 0.620. The first-order valence-corrected chi connectivity index (χ1v) is 8.81. The predicted octanol–water partition coefficient (Wildman–Crippen LogP) is 3.67. The Hall–Kier alpha value is -2.93. The van der Waals surface area contributed by atoms with Crippen molar-refractivity contribution in [3.63, 3.8) is 0 Å². The molecule has 0 aliphatic heterocycles. The van der Waals surface area contributed by atoms with Gasteiger partial charge in [0.1, 0.15) is 11.5 Å². The highest BCUT2D eigenvalue weighted by Gasteiger charge is 2.11. The number of tetrazole rings is 1. The summed E-state index contributed by atoms with van der Waals surface area (Å²) in [5, 5.41) is 16.8. The Morgan fingerprint density at radius 2 is 1.72 bits per heavy atom. The average Bonchev–Trinajstić information content (AvgIpc) is 3.31. The lowest BCUT2D eigenvalue weighted by Gasteiger charge is -2.03. The molecule has 6 nitrogen and oxygen atoms in total. The second kappa shape index (κ2) is 7.31. The maximum absolute atomic E-state index is 5.43. The fourth-order valence-electron chi connectivity index (χ4n) is 2.42. The van der Waals surface area contributed by atoms with Gasteiger partial charge in [-0.3, -0.25) is 0 Å². The standard InChI is InChI=1S/C18H15N5OS/c1-3-7-14(8-4-1)12-23-18(19-21-22-23)25-13-16-11-17(20-24-16)15-9-5-2-6-10-15/h1-11H,12-13H2. The molecule has 2 aromatic heterocycles. The Labute approximate surface area is 148 Å². The molecule has 0 unspecified atom stereocenters. The van der Waals surface area contributed by atoms with E-state index in [1.807, 2.05) is 54.6 Å². The maximum atomic E-state index is 5.43. The van der Waals surface area contributed by atoms with E-state index in [-0.39, 0.29) is 0 Å². The van der Waals surface area contributed by atoms with E-state index < -0.39 is 0 Å². The van der Waals surface area contributed by atoms with Gasteiger partial charge in [-0.2, -0.15) is 0 Å². The molecule has 0 fully saturated rings. The van der Waals surface area contributed by atoms with Crippen molar-refractivity contribution in [2.24, 2.45) is 0 Å². The van der Waals surface area contributed by atoms with Gasteiger partial charge in [-0.05, 0) is 16.0 Å². The summed E-state index contributed by atoms with van der Waals surface area (Å²) >= 11 is 1.53. The molecule has 4 aromatic rings. The number of nitrogens with zero attached hydrogens (tertiary/aromatic N) is 5. The molecule has 0 aliphatic rings. The summed E-state index contributed by atoms with van der Waals surface area (Å²) in [6.07, 6.45) is 0. The molecule has 0 bridgehead atoms. The van der Waals surface area contributed by atoms with E-state index in [0.29, 0.717) is 12.3 Å². The third-order valence-corrected chi connectivity index (χ3v) is 4.63. The van der Waals surface area contributed by atoms with E-state index in [4.69, 9.17) is 4.52 Å². The Balaban J connectivity index is 1.43. The minimum Gasteiger partial charge on any atom is -0.360 e. The summed E-state index contributed by atoms with van der Waals surface area (Å²) < 4.78 is 7.21. The van der Waals surface area contributed by atoms with Crippen molar-refractivity contribution in [3.05, 3.63) is 78.1 Å². The van der Waals surface area contributed by atoms with Crippen LogP contribution >= 0.6 is 11.8 Å². The third-order valence-electron chi connectivity index (χ3n) is 3.65. The summed E-state index contributed by atoms with van der Waals surface area (Å²) in [7, 11) is 0. The second-order valence-electron chi connectivity index (χ2n) is 5.44. The zero-order valence-corrected chi connectivity index (χ0v) is 14.1. The summed E-state index contributed by atoms with van der Waals surface area (Å²) in [6, 6.07) is 22.0. The molecular weight excluding hydrogens is 334 g/mol. The topological polar surface area (TPSA) is 69.6 Å². The van der Waals surface area contributed by atoms with Crippen LogP contribution in [0.1, 0.15) is 11.3 Å². The van der Waals surface area contributed by atoms with Crippen LogP contribution in [0, 0.1) is 0 Å². The fourth-order valence-corrected chi connectivity index (χ4v) is 3.17. The van der Waals surface area contributed by atoms with Crippen molar-refractivity contribution in [1.29, 1.82) is 0 Å². The molecule has 2 aromatic carbocycles. The van der Waals surface area contributed by atoms with Crippen molar-refractivity contribution in [3.8, 4) is 11.3 Å². The van der Waals surface area contributed by atoms with Gasteiger partial charge in [0.05, 0.1) is 12.3 Å². The van der Waals surface area contributed by atoms with Crippen LogP contribution < -0.4 is 0 Å². The molecule has 0 radical (unpaired) electrons. The first-order chi connectivity index (χ1) is 12.4. The summed E-state index contributed by atoms with van der Waals surface area (Å²) in [5.41, 5.74) is 3.03. The Morgan fingerprint density at radius 1 is 0.960 bits per heavy atom. The van der Waals surface area contributed by atoms with Gasteiger partial charge in [0.2, 0.25) is 5.16 Å². The first kappa shape index (κ1) is 15.6. The Morgan fingerprint density at radius 3 is 2.52 bits per heavy atom. The first-order valence-electron chi connectivity index (χ1n) is 7.82. The van der Waals surface area contributed by atoms with Gasteiger partial charge in [0, 0.05) is 11.6 Å². The lowest BCUT2D eigenvalue weighted by molar-refractivity contribution is 0.397. The molecule has 25 heavy (non-hydrogen) atoms. The van der Waals surface area contributed by atoms with Crippen molar-refractivity contribution >= 4 is 11.8 Å². The van der Waals surface area contributed by atoms with E-state index >= 15 is 0 Å². The van der Waals surface area contributed by atoms with Gasteiger partial charge in [0.15, 0.2) is 0 Å². The average molecular weight is 349 g/mol. The number of benzene rings is 2. The van der Waals surface area contributed by atoms with E-state index in [1.54, 1.807) is 4.68 Å². The van der Waals surface area contributed by atoms with Crippen LogP contribution in [0.15, 0.2) is 76.4 Å². The van der Waals surface area contributed by atoms with E-state index in [0.717, 1.165) is 27.7 Å². The third kappa shape index (κ3) is 3.77. The smallest absolute Gasteiger partial charge is 0.210 e. The van der Waals surface area contributed by atoms with Crippen molar-refractivity contribution in [2.45, 2.75) is 17.5 Å². The Bertz CT molecular complexity index is 936. The van der Waals surface area contributed by atoms with Crippen LogP contribution in [0.2, 0.25) is 0 Å². The van der Waals surface area contributed by atoms with E-state index in [9.17, 15) is 0 Å². The molecule has 0 saturated carbocycles. The zero-order valence-electron chi connectivity index (χ0n) is 13.3. The molecule has 0 amide bonds. The fraction of sp³-hybridized carbons (Fsp3) is 0.111. The summed E-state index contributed by atoms with van der Waals surface area (Å²) in [4.78, 5) is 0. The van der Waals surface area contributed by atoms with E-state index in [1.165, 1.54) is 11.8 Å². The number of hydrogen-bond donors (Lipinski definition) is 0. The van der Waals surface area contributed by atoms with Crippen molar-refractivity contribution < 1.29 is 4.52 Å². The van der Waals surface area contributed by atoms with Crippen LogP contribution in [-0.2, 0) is 12.3 Å². The molecular formula is C18H15N5OS. The van der Waals surface area contributed by atoms with Crippen LogP contribution in [0.3, 0.4) is 0 Å². The van der Waals surface area contributed by atoms with Gasteiger partial charge in [-0.25, -0.2) is 4.68 Å². The maximum Gasteiger partial charge on any atom is 0.210 e. The lowest BCUT2D eigenvalue weighted by Crippen LogP contribution is -2.03. The number of hydrogen-bond acceptors (Lipinski definition) is 6. The van der Waals surface area contributed by atoms with Crippen LogP contribution in [0.4, 0.5) is 0 Å². The SMILES string of the molecule is c1ccc(Cn2nnnc2SCc2cc(-c3ccccc3)no2)cc1. The van der Waals surface area contributed by atoms with Gasteiger partial charge in [-0.1, -0.05) is 77.6 Å². The highest BCUT2D eigenvalue weighted by Crippen LogP contribution is 2.24. The molecule has 124 valence electrons. The highest BCUT2D eigenvalue weighted by molar-refractivity contribution is 7.98. The molecule has 0 aliphatic carbocycles. The number of thioether (sulfide) groups is 1. The molecule has 0 saturated heterocycles. The predicted molar refractivity (Wildman–Crippen MR) is 94.9 cm³/mol. The van der Waals surface area contributed by atoms with E-state index in [2.05, 4.69) is 32.8 Å². The van der Waals surface area contributed by atoms with Gasteiger partial charge < -0.3 is 4.52 Å². The van der Waals surface area contributed by atoms with Crippen molar-refractivity contribution in [2.75, 3.05) is 0 Å². The largest absolute Gasteiger partial charge is 0.360 e. The van der Waals surface area contributed by atoms with Gasteiger partial charge >= 0.3 is 0 Å². The monoisotopic (exact) mass is 349 g/mol. The highest BCUT2D eigenvalue weighted by atomic mass is 32.2. The number of rotatable bonds is 6. The molecule has 7 heteroatoms. The summed E-state index contributed by atoms with van der Waals surface area (Å²) in [5.74, 6) is 1.41. The zero-order chi connectivity index (χ0) is 16.9. The molecule has 0 N–H and O–H groups in total. The lowest BCUT2D eigenvalue weighted by atomic mass is 10.1. The van der Waals surface area contributed by atoms with Gasteiger partial charge in [0.25, 0.3) is 0 Å². The molecule has 0 atom stereocenters. The molecule has 2 heterocycles. The molecule has 0 spiro atoms. The second-order valence-corrected chi connectivity index (χ2v) is 6.38. The van der Waals surface area contributed by atoms with Crippen LogP contribution in [0.5, 0.6) is 0 Å². The van der Waals surface area contributed by atoms with Crippen molar-refractivity contribution in [1.82, 2.24) is 25.4 Å². The number of aromatic nitrogens is 5. The normalized spacial score (nSPS) is 10.9. The van der Waals surface area contributed by atoms with Crippen LogP contribution in [0.25, 0.3) is 11.3 Å². The molecule has 4 rings (SSSR count). The Kier molecular flexibility index (Phi) is 4.56. The quantitative estimate of drug-likeness (QED) is 0.495. The minimum atomic E-state index is 0.620.